The Labute approximate surface area is 105 Å². The van der Waals surface area contributed by atoms with Crippen LogP contribution in [-0.2, 0) is 9.53 Å². The lowest BCUT2D eigenvalue weighted by atomic mass is 9.86. The largest absolute Gasteiger partial charge is 0.377 e. The van der Waals surface area contributed by atoms with Gasteiger partial charge in [-0.1, -0.05) is 19.3 Å². The summed E-state index contributed by atoms with van der Waals surface area (Å²) in [6.45, 7) is 2.43. The summed E-state index contributed by atoms with van der Waals surface area (Å²) in [6, 6.07) is 0. The quantitative estimate of drug-likeness (QED) is 0.737. The number of rotatable bonds is 5. The second kappa shape index (κ2) is 6.50. The Bertz CT molecular complexity index is 243. The van der Waals surface area contributed by atoms with Crippen molar-refractivity contribution in [3.8, 4) is 0 Å². The Morgan fingerprint density at radius 1 is 1.18 bits per heavy atom. The van der Waals surface area contributed by atoms with Crippen molar-refractivity contribution in [1.82, 2.24) is 4.90 Å². The smallest absolute Gasteiger partial charge is 0.149 e. The molecule has 0 aromatic carbocycles. The lowest BCUT2D eigenvalue weighted by Crippen LogP contribution is -2.36. The van der Waals surface area contributed by atoms with Crippen LogP contribution in [0, 0.1) is 5.92 Å². The molecular formula is C14H25NO2. The van der Waals surface area contributed by atoms with E-state index in [9.17, 15) is 4.79 Å². The highest BCUT2D eigenvalue weighted by molar-refractivity contribution is 5.83. The van der Waals surface area contributed by atoms with Crippen LogP contribution in [0.3, 0.4) is 0 Å². The summed E-state index contributed by atoms with van der Waals surface area (Å²) in [4.78, 5) is 14.2. The molecule has 2 rings (SSSR count). The van der Waals surface area contributed by atoms with E-state index in [2.05, 4.69) is 4.90 Å². The molecule has 0 radical (unpaired) electrons. The number of ether oxygens (including phenoxy) is 1. The van der Waals surface area contributed by atoms with Gasteiger partial charge in [-0.15, -0.1) is 0 Å². The molecule has 1 unspecified atom stereocenters. The molecule has 1 atom stereocenters. The summed E-state index contributed by atoms with van der Waals surface area (Å²) in [5, 5.41) is 0. The van der Waals surface area contributed by atoms with Gasteiger partial charge in [-0.2, -0.15) is 0 Å². The average molecular weight is 239 g/mol. The summed E-state index contributed by atoms with van der Waals surface area (Å²) in [7, 11) is 2.04. The Morgan fingerprint density at radius 3 is 2.59 bits per heavy atom. The zero-order chi connectivity index (χ0) is 12.1. The fourth-order valence-electron chi connectivity index (χ4n) is 3.02. The maximum atomic E-state index is 12.1. The second-order valence-corrected chi connectivity index (χ2v) is 5.63. The second-order valence-electron chi connectivity index (χ2n) is 5.63. The van der Waals surface area contributed by atoms with Crippen LogP contribution in [0.5, 0.6) is 0 Å². The van der Waals surface area contributed by atoms with Gasteiger partial charge in [0.25, 0.3) is 0 Å². The van der Waals surface area contributed by atoms with Crippen molar-refractivity contribution < 1.29 is 9.53 Å². The predicted octanol–water partition coefficient (Wildman–Crippen LogP) is 2.25. The maximum absolute atomic E-state index is 12.1. The monoisotopic (exact) mass is 239 g/mol. The van der Waals surface area contributed by atoms with Crippen LogP contribution in [0.1, 0.15) is 44.9 Å². The van der Waals surface area contributed by atoms with Crippen molar-refractivity contribution in [1.29, 1.82) is 0 Å². The summed E-state index contributed by atoms with van der Waals surface area (Å²) in [6.07, 6.45) is 8.72. The van der Waals surface area contributed by atoms with Crippen molar-refractivity contribution in [2.45, 2.75) is 51.0 Å². The van der Waals surface area contributed by atoms with Gasteiger partial charge < -0.3 is 4.74 Å². The first-order chi connectivity index (χ1) is 8.25. The topological polar surface area (TPSA) is 29.5 Å². The van der Waals surface area contributed by atoms with Crippen molar-refractivity contribution in [3.05, 3.63) is 0 Å². The Kier molecular flexibility index (Phi) is 4.99. The van der Waals surface area contributed by atoms with E-state index in [0.29, 0.717) is 24.3 Å². The molecule has 0 aromatic rings. The molecule has 3 nitrogen and oxygen atoms in total. The zero-order valence-corrected chi connectivity index (χ0v) is 11.0. The minimum Gasteiger partial charge on any atom is -0.377 e. The van der Waals surface area contributed by atoms with E-state index in [-0.39, 0.29) is 0 Å². The Hall–Kier alpha value is -0.410. The molecule has 1 saturated carbocycles. The number of Topliss-reactive ketones (excluding diaryl/α,β-unsaturated/α-hetero) is 1. The number of carbonyl (C=O) groups is 1. The van der Waals surface area contributed by atoms with Gasteiger partial charge in [0.1, 0.15) is 5.78 Å². The van der Waals surface area contributed by atoms with E-state index in [0.717, 1.165) is 32.4 Å². The van der Waals surface area contributed by atoms with Gasteiger partial charge in [0.2, 0.25) is 0 Å². The van der Waals surface area contributed by atoms with E-state index in [1.165, 1.54) is 25.7 Å². The molecule has 2 fully saturated rings. The molecule has 1 saturated heterocycles. The number of likely N-dealkylation sites (N-methyl/N-ethyl adjacent to an activating group) is 1. The molecule has 0 bridgehead atoms. The first-order valence-electron chi connectivity index (χ1n) is 7.08. The van der Waals surface area contributed by atoms with Crippen molar-refractivity contribution in [3.63, 3.8) is 0 Å². The molecule has 98 valence electrons. The van der Waals surface area contributed by atoms with Crippen LogP contribution in [0.15, 0.2) is 0 Å². The average Bonchev–Trinajstić information content (AvgIpc) is 2.82. The molecule has 2 aliphatic rings. The Balaban J connectivity index is 1.69. The van der Waals surface area contributed by atoms with Crippen LogP contribution in [0.2, 0.25) is 0 Å². The highest BCUT2D eigenvalue weighted by Gasteiger charge is 2.23. The Morgan fingerprint density at radius 2 is 1.94 bits per heavy atom. The number of hydrogen-bond acceptors (Lipinski definition) is 3. The molecule has 0 aromatic heterocycles. The minimum atomic E-state index is 0.343. The fraction of sp³-hybridized carbons (Fsp3) is 0.929. The van der Waals surface area contributed by atoms with Crippen molar-refractivity contribution in [2.24, 2.45) is 5.92 Å². The zero-order valence-electron chi connectivity index (χ0n) is 11.0. The third-order valence-corrected chi connectivity index (χ3v) is 4.03. The molecule has 0 amide bonds. The molecule has 1 aliphatic heterocycles. The maximum Gasteiger partial charge on any atom is 0.149 e. The summed E-state index contributed by atoms with van der Waals surface area (Å²) in [5.74, 6) is 0.792. The van der Waals surface area contributed by atoms with Crippen LogP contribution in [-0.4, -0.2) is 43.5 Å². The minimum absolute atomic E-state index is 0.343. The highest BCUT2D eigenvalue weighted by Crippen LogP contribution is 2.24. The van der Waals surface area contributed by atoms with Gasteiger partial charge in [-0.3, -0.25) is 9.69 Å². The fourth-order valence-corrected chi connectivity index (χ4v) is 3.02. The number of carbonyl (C=O) groups excluding carboxylic acids is 1. The first-order valence-corrected chi connectivity index (χ1v) is 7.08. The van der Waals surface area contributed by atoms with Crippen LogP contribution >= 0.6 is 0 Å². The number of hydrogen-bond donors (Lipinski definition) is 0. The van der Waals surface area contributed by atoms with E-state index >= 15 is 0 Å². The van der Waals surface area contributed by atoms with E-state index in [1.807, 2.05) is 7.05 Å². The van der Waals surface area contributed by atoms with E-state index in [1.54, 1.807) is 0 Å². The number of ketones is 1. The molecule has 3 heteroatoms. The van der Waals surface area contributed by atoms with Gasteiger partial charge in [-0.25, -0.2) is 0 Å². The van der Waals surface area contributed by atoms with Gasteiger partial charge in [0, 0.05) is 19.1 Å². The lowest BCUT2D eigenvalue weighted by Gasteiger charge is -2.24. The van der Waals surface area contributed by atoms with Gasteiger partial charge >= 0.3 is 0 Å². The van der Waals surface area contributed by atoms with Gasteiger partial charge in [0.15, 0.2) is 0 Å². The van der Waals surface area contributed by atoms with Crippen molar-refractivity contribution in [2.75, 3.05) is 26.7 Å². The standard InChI is InChI=1S/C14H25NO2/c1-15(10-13-8-5-9-17-13)11-14(16)12-6-3-2-4-7-12/h12-13H,2-11H2,1H3. The van der Waals surface area contributed by atoms with Gasteiger partial charge in [0.05, 0.1) is 12.6 Å². The molecule has 1 heterocycles. The number of nitrogens with zero attached hydrogens (tertiary/aromatic N) is 1. The highest BCUT2D eigenvalue weighted by atomic mass is 16.5. The molecule has 17 heavy (non-hydrogen) atoms. The normalized spacial score (nSPS) is 26.6. The van der Waals surface area contributed by atoms with Crippen molar-refractivity contribution >= 4 is 5.78 Å². The molecular weight excluding hydrogens is 214 g/mol. The van der Waals surface area contributed by atoms with Gasteiger partial charge in [-0.05, 0) is 32.7 Å². The third-order valence-electron chi connectivity index (χ3n) is 4.03. The van der Waals surface area contributed by atoms with Crippen LogP contribution in [0.25, 0.3) is 0 Å². The lowest BCUT2D eigenvalue weighted by molar-refractivity contribution is -0.124. The van der Waals surface area contributed by atoms with Crippen LogP contribution in [0.4, 0.5) is 0 Å². The third kappa shape index (κ3) is 4.07. The van der Waals surface area contributed by atoms with E-state index < -0.39 is 0 Å². The summed E-state index contributed by atoms with van der Waals surface area (Å²) < 4.78 is 5.60. The predicted molar refractivity (Wildman–Crippen MR) is 68.1 cm³/mol. The molecule has 0 spiro atoms. The molecule has 1 aliphatic carbocycles. The first kappa shape index (κ1) is 13.0. The summed E-state index contributed by atoms with van der Waals surface area (Å²) in [5.41, 5.74) is 0. The molecule has 0 N–H and O–H groups in total. The summed E-state index contributed by atoms with van der Waals surface area (Å²) >= 11 is 0. The SMILES string of the molecule is CN(CC(=O)C1CCCCC1)CC1CCCO1. The van der Waals surface area contributed by atoms with Crippen LogP contribution < -0.4 is 0 Å². The van der Waals surface area contributed by atoms with E-state index in [4.69, 9.17) is 4.74 Å².